The Bertz CT molecular complexity index is 766. The zero-order valence-electron chi connectivity index (χ0n) is 10.8. The van der Waals surface area contributed by atoms with Gasteiger partial charge in [0, 0.05) is 22.8 Å². The average Bonchev–Trinajstić information content (AvgIpc) is 2.48. The predicted octanol–water partition coefficient (Wildman–Crippen LogP) is 3.26. The Kier molecular flexibility index (Phi) is 3.05. The molecule has 0 saturated carbocycles. The summed E-state index contributed by atoms with van der Waals surface area (Å²) in [5.74, 6) is 0.854. The number of nitrogens with zero attached hydrogens (tertiary/aromatic N) is 1. The van der Waals surface area contributed by atoms with E-state index in [-0.39, 0.29) is 5.84 Å². The van der Waals surface area contributed by atoms with E-state index in [1.807, 2.05) is 54.6 Å². The second-order valence-electron chi connectivity index (χ2n) is 4.50. The van der Waals surface area contributed by atoms with E-state index in [0.717, 1.165) is 22.3 Å². The fraction of sp³-hybridized carbons (Fsp3) is 0. The number of nitrogens with two attached hydrogens (primary N) is 1. The molecule has 0 aliphatic carbocycles. The van der Waals surface area contributed by atoms with Crippen molar-refractivity contribution < 1.29 is 0 Å². The van der Waals surface area contributed by atoms with Crippen LogP contribution in [0.25, 0.3) is 10.8 Å². The number of anilines is 2. The Labute approximate surface area is 116 Å². The van der Waals surface area contributed by atoms with Crippen LogP contribution in [-0.2, 0) is 0 Å². The Morgan fingerprint density at radius 2 is 1.95 bits per heavy atom. The lowest BCUT2D eigenvalue weighted by molar-refractivity contribution is 1.31. The Hall–Kier alpha value is -2.88. The highest BCUT2D eigenvalue weighted by Crippen LogP contribution is 2.26. The van der Waals surface area contributed by atoms with Crippen LogP contribution in [0.1, 0.15) is 5.56 Å². The van der Waals surface area contributed by atoms with Crippen LogP contribution >= 0.6 is 0 Å². The topological polar surface area (TPSA) is 74.8 Å². The number of aromatic nitrogens is 1. The maximum Gasteiger partial charge on any atom is 0.130 e. The summed E-state index contributed by atoms with van der Waals surface area (Å²) in [4.78, 5) is 4.26. The second kappa shape index (κ2) is 5.01. The lowest BCUT2D eigenvalue weighted by Gasteiger charge is -2.10. The monoisotopic (exact) mass is 262 g/mol. The lowest BCUT2D eigenvalue weighted by atomic mass is 10.0. The van der Waals surface area contributed by atoms with E-state index in [2.05, 4.69) is 10.3 Å². The number of pyridine rings is 1. The third-order valence-electron chi connectivity index (χ3n) is 3.12. The minimum Gasteiger partial charge on any atom is -0.384 e. The van der Waals surface area contributed by atoms with Gasteiger partial charge in [-0.1, -0.05) is 30.3 Å². The van der Waals surface area contributed by atoms with Crippen molar-refractivity contribution in [3.63, 3.8) is 0 Å². The third-order valence-corrected chi connectivity index (χ3v) is 3.12. The molecule has 4 nitrogen and oxygen atoms in total. The van der Waals surface area contributed by atoms with E-state index in [9.17, 15) is 0 Å². The van der Waals surface area contributed by atoms with Gasteiger partial charge in [-0.2, -0.15) is 0 Å². The standard InChI is InChI=1S/C16H14N4/c17-16(18)12-8-7-11-4-3-5-14(13(11)10-12)20-15-6-1-2-9-19-15/h1-10H,(H3,17,18)(H,19,20). The fourth-order valence-corrected chi connectivity index (χ4v) is 2.12. The van der Waals surface area contributed by atoms with Gasteiger partial charge in [0.25, 0.3) is 0 Å². The first kappa shape index (κ1) is 12.2. The zero-order valence-corrected chi connectivity index (χ0v) is 10.8. The molecule has 3 aromatic rings. The van der Waals surface area contributed by atoms with Crippen LogP contribution in [0.15, 0.2) is 60.8 Å². The first-order chi connectivity index (χ1) is 9.74. The van der Waals surface area contributed by atoms with Crippen molar-refractivity contribution in [1.82, 2.24) is 4.98 Å². The van der Waals surface area contributed by atoms with Crippen molar-refractivity contribution in [1.29, 1.82) is 5.41 Å². The Morgan fingerprint density at radius 3 is 2.70 bits per heavy atom. The number of benzene rings is 2. The number of hydrogen-bond acceptors (Lipinski definition) is 3. The smallest absolute Gasteiger partial charge is 0.130 e. The fourth-order valence-electron chi connectivity index (χ4n) is 2.12. The molecule has 0 bridgehead atoms. The SMILES string of the molecule is N=C(N)c1ccc2cccc(Nc3ccccn3)c2c1. The van der Waals surface area contributed by atoms with Gasteiger partial charge in [0.15, 0.2) is 0 Å². The van der Waals surface area contributed by atoms with Crippen LogP contribution in [0.4, 0.5) is 11.5 Å². The maximum atomic E-state index is 7.55. The molecule has 0 fully saturated rings. The first-order valence-corrected chi connectivity index (χ1v) is 6.29. The van der Waals surface area contributed by atoms with E-state index in [1.54, 1.807) is 6.20 Å². The van der Waals surface area contributed by atoms with Crippen molar-refractivity contribution >= 4 is 28.1 Å². The van der Waals surface area contributed by atoms with E-state index < -0.39 is 0 Å². The molecule has 20 heavy (non-hydrogen) atoms. The molecule has 0 aliphatic heterocycles. The number of nitrogen functional groups attached to an aromatic ring is 1. The van der Waals surface area contributed by atoms with Gasteiger partial charge in [-0.3, -0.25) is 5.41 Å². The Morgan fingerprint density at radius 1 is 1.05 bits per heavy atom. The summed E-state index contributed by atoms with van der Waals surface area (Å²) in [6.45, 7) is 0. The molecule has 98 valence electrons. The van der Waals surface area contributed by atoms with E-state index in [4.69, 9.17) is 11.1 Å². The number of amidine groups is 1. The van der Waals surface area contributed by atoms with Crippen molar-refractivity contribution in [2.24, 2.45) is 5.73 Å². The average molecular weight is 262 g/mol. The summed E-state index contributed by atoms with van der Waals surface area (Å²) in [5.41, 5.74) is 7.22. The minimum atomic E-state index is 0.0690. The van der Waals surface area contributed by atoms with Crippen molar-refractivity contribution in [2.45, 2.75) is 0 Å². The summed E-state index contributed by atoms with van der Waals surface area (Å²) in [6.07, 6.45) is 1.74. The highest BCUT2D eigenvalue weighted by molar-refractivity contribution is 6.02. The van der Waals surface area contributed by atoms with Gasteiger partial charge in [0.05, 0.1) is 0 Å². The predicted molar refractivity (Wildman–Crippen MR) is 82.5 cm³/mol. The quantitative estimate of drug-likeness (QED) is 0.501. The summed E-state index contributed by atoms with van der Waals surface area (Å²) < 4.78 is 0. The Balaban J connectivity index is 2.10. The molecule has 2 aromatic carbocycles. The van der Waals surface area contributed by atoms with Crippen LogP contribution < -0.4 is 11.1 Å². The molecule has 0 radical (unpaired) electrons. The number of fused-ring (bicyclic) bond motifs is 1. The molecule has 1 heterocycles. The van der Waals surface area contributed by atoms with Crippen LogP contribution in [0, 0.1) is 5.41 Å². The molecule has 0 atom stereocenters. The molecule has 0 unspecified atom stereocenters. The summed E-state index contributed by atoms with van der Waals surface area (Å²) in [7, 11) is 0. The molecule has 0 spiro atoms. The van der Waals surface area contributed by atoms with Crippen LogP contribution in [0.2, 0.25) is 0 Å². The van der Waals surface area contributed by atoms with Crippen LogP contribution in [-0.4, -0.2) is 10.8 Å². The van der Waals surface area contributed by atoms with Crippen molar-refractivity contribution in [3.8, 4) is 0 Å². The molecule has 4 heteroatoms. The van der Waals surface area contributed by atoms with E-state index in [1.165, 1.54) is 0 Å². The highest BCUT2D eigenvalue weighted by Gasteiger charge is 2.04. The van der Waals surface area contributed by atoms with Crippen LogP contribution in [0.5, 0.6) is 0 Å². The number of nitrogens with one attached hydrogen (secondary N) is 2. The minimum absolute atomic E-state index is 0.0690. The molecule has 4 N–H and O–H groups in total. The first-order valence-electron chi connectivity index (χ1n) is 6.29. The number of rotatable bonds is 3. The second-order valence-corrected chi connectivity index (χ2v) is 4.50. The molecule has 0 amide bonds. The molecule has 3 rings (SSSR count). The van der Waals surface area contributed by atoms with Crippen molar-refractivity contribution in [2.75, 3.05) is 5.32 Å². The van der Waals surface area contributed by atoms with Gasteiger partial charge in [-0.05, 0) is 29.7 Å². The molecule has 0 aliphatic rings. The third kappa shape index (κ3) is 2.31. The van der Waals surface area contributed by atoms with Gasteiger partial charge < -0.3 is 11.1 Å². The maximum absolute atomic E-state index is 7.55. The largest absolute Gasteiger partial charge is 0.384 e. The zero-order chi connectivity index (χ0) is 13.9. The molecule has 1 aromatic heterocycles. The van der Waals surface area contributed by atoms with Gasteiger partial charge in [-0.15, -0.1) is 0 Å². The van der Waals surface area contributed by atoms with Gasteiger partial charge in [0.1, 0.15) is 11.7 Å². The molecular formula is C16H14N4. The highest BCUT2D eigenvalue weighted by atomic mass is 15.0. The number of hydrogen-bond donors (Lipinski definition) is 3. The van der Waals surface area contributed by atoms with Gasteiger partial charge in [-0.25, -0.2) is 4.98 Å². The van der Waals surface area contributed by atoms with Crippen LogP contribution in [0.3, 0.4) is 0 Å². The van der Waals surface area contributed by atoms with E-state index >= 15 is 0 Å². The molecule has 0 saturated heterocycles. The normalized spacial score (nSPS) is 10.4. The van der Waals surface area contributed by atoms with Gasteiger partial charge >= 0.3 is 0 Å². The summed E-state index contributed by atoms with van der Waals surface area (Å²) in [6, 6.07) is 17.5. The van der Waals surface area contributed by atoms with Crippen molar-refractivity contribution in [3.05, 3.63) is 66.4 Å². The summed E-state index contributed by atoms with van der Waals surface area (Å²) in [5, 5.41) is 13.0. The van der Waals surface area contributed by atoms with E-state index in [0.29, 0.717) is 5.56 Å². The lowest BCUT2D eigenvalue weighted by Crippen LogP contribution is -2.10. The summed E-state index contributed by atoms with van der Waals surface area (Å²) >= 11 is 0. The molecular weight excluding hydrogens is 248 g/mol. The van der Waals surface area contributed by atoms with Gasteiger partial charge in [0.2, 0.25) is 0 Å².